The molecule has 3 atom stereocenters. The lowest BCUT2D eigenvalue weighted by Gasteiger charge is -2.21. The first-order valence-corrected chi connectivity index (χ1v) is 6.18. The fourth-order valence-corrected chi connectivity index (χ4v) is 2.65. The fraction of sp³-hybridized carbons (Fsp3) is 0.571. The minimum absolute atomic E-state index is 0.223. The molecule has 1 aromatic rings. The molecule has 0 radical (unpaired) electrons. The molecule has 0 aromatic heterocycles. The van der Waals surface area contributed by atoms with Gasteiger partial charge in [0, 0.05) is 12.1 Å². The number of aliphatic hydroxyl groups is 1. The molecule has 0 saturated heterocycles. The van der Waals surface area contributed by atoms with Crippen molar-refractivity contribution in [3.05, 3.63) is 35.4 Å². The van der Waals surface area contributed by atoms with Crippen LogP contribution in [0, 0.1) is 0 Å². The molecule has 0 aliphatic heterocycles. The molecule has 0 bridgehead atoms. The van der Waals surface area contributed by atoms with Crippen LogP contribution in [0.4, 0.5) is 0 Å². The molecule has 0 saturated carbocycles. The molecule has 2 N–H and O–H groups in total. The second-order valence-corrected chi connectivity index (χ2v) is 4.94. The Balaban J connectivity index is 1.98. The van der Waals surface area contributed by atoms with E-state index in [0.29, 0.717) is 12.1 Å². The quantitative estimate of drug-likeness (QED) is 0.815. The number of rotatable bonds is 4. The lowest BCUT2D eigenvalue weighted by Crippen LogP contribution is -2.31. The maximum Gasteiger partial charge on any atom is 0.0526 e. The van der Waals surface area contributed by atoms with Crippen LogP contribution < -0.4 is 5.32 Å². The summed E-state index contributed by atoms with van der Waals surface area (Å²) in [5.41, 5.74) is 2.92. The highest BCUT2D eigenvalue weighted by Crippen LogP contribution is 2.31. The Hall–Kier alpha value is -0.860. The molecule has 16 heavy (non-hydrogen) atoms. The fourth-order valence-electron chi connectivity index (χ4n) is 2.65. The van der Waals surface area contributed by atoms with Gasteiger partial charge in [-0.3, -0.25) is 0 Å². The van der Waals surface area contributed by atoms with E-state index in [-0.39, 0.29) is 6.10 Å². The zero-order valence-corrected chi connectivity index (χ0v) is 10.1. The van der Waals surface area contributed by atoms with E-state index < -0.39 is 0 Å². The topological polar surface area (TPSA) is 32.3 Å². The van der Waals surface area contributed by atoms with Gasteiger partial charge in [-0.05, 0) is 44.2 Å². The first-order valence-electron chi connectivity index (χ1n) is 6.18. The van der Waals surface area contributed by atoms with Crippen molar-refractivity contribution in [3.8, 4) is 0 Å². The number of fused-ring (bicyclic) bond motifs is 1. The lowest BCUT2D eigenvalue weighted by molar-refractivity contribution is 0.168. The van der Waals surface area contributed by atoms with E-state index in [9.17, 15) is 5.11 Å². The SMILES string of the molecule is CC(O)CC(C)NC1CCc2ccccc21. The molecule has 0 spiro atoms. The van der Waals surface area contributed by atoms with E-state index in [1.165, 1.54) is 24.0 Å². The first kappa shape index (κ1) is 11.6. The zero-order valence-electron chi connectivity index (χ0n) is 10.1. The van der Waals surface area contributed by atoms with Crippen molar-refractivity contribution in [2.45, 2.75) is 51.3 Å². The summed E-state index contributed by atoms with van der Waals surface area (Å²) in [5, 5.41) is 13.0. The normalized spacial score (nSPS) is 22.8. The Labute approximate surface area is 97.7 Å². The van der Waals surface area contributed by atoms with Crippen LogP contribution in [0.15, 0.2) is 24.3 Å². The molecule has 2 nitrogen and oxygen atoms in total. The van der Waals surface area contributed by atoms with E-state index >= 15 is 0 Å². The second-order valence-electron chi connectivity index (χ2n) is 4.94. The van der Waals surface area contributed by atoms with Crippen LogP contribution in [0.2, 0.25) is 0 Å². The van der Waals surface area contributed by atoms with Crippen LogP contribution in [0.5, 0.6) is 0 Å². The molecular weight excluding hydrogens is 198 g/mol. The Morgan fingerprint density at radius 1 is 1.38 bits per heavy atom. The van der Waals surface area contributed by atoms with Gasteiger partial charge in [0.15, 0.2) is 0 Å². The van der Waals surface area contributed by atoms with E-state index in [4.69, 9.17) is 0 Å². The van der Waals surface area contributed by atoms with Gasteiger partial charge in [-0.1, -0.05) is 24.3 Å². The molecule has 1 aliphatic rings. The minimum atomic E-state index is -0.223. The Kier molecular flexibility index (Phi) is 3.62. The van der Waals surface area contributed by atoms with Gasteiger partial charge in [0.2, 0.25) is 0 Å². The van der Waals surface area contributed by atoms with Crippen LogP contribution in [-0.2, 0) is 6.42 Å². The lowest BCUT2D eigenvalue weighted by atomic mass is 10.1. The molecule has 1 aliphatic carbocycles. The summed E-state index contributed by atoms with van der Waals surface area (Å²) in [7, 11) is 0. The number of nitrogens with one attached hydrogen (secondary N) is 1. The molecule has 2 heteroatoms. The maximum absolute atomic E-state index is 9.35. The highest BCUT2D eigenvalue weighted by Gasteiger charge is 2.23. The summed E-state index contributed by atoms with van der Waals surface area (Å²) < 4.78 is 0. The van der Waals surface area contributed by atoms with Crippen molar-refractivity contribution in [1.29, 1.82) is 0 Å². The van der Waals surface area contributed by atoms with E-state index in [0.717, 1.165) is 6.42 Å². The Bertz CT molecular complexity index is 348. The molecule has 0 heterocycles. The van der Waals surface area contributed by atoms with Gasteiger partial charge in [-0.15, -0.1) is 0 Å². The third-order valence-corrected chi connectivity index (χ3v) is 3.31. The van der Waals surface area contributed by atoms with Gasteiger partial charge in [0.25, 0.3) is 0 Å². The van der Waals surface area contributed by atoms with Crippen molar-refractivity contribution in [2.75, 3.05) is 0 Å². The van der Waals surface area contributed by atoms with Gasteiger partial charge in [-0.25, -0.2) is 0 Å². The highest BCUT2D eigenvalue weighted by molar-refractivity contribution is 5.34. The maximum atomic E-state index is 9.35. The monoisotopic (exact) mass is 219 g/mol. The number of aryl methyl sites for hydroxylation is 1. The van der Waals surface area contributed by atoms with E-state index in [2.05, 4.69) is 36.5 Å². The summed E-state index contributed by atoms with van der Waals surface area (Å²) in [6.45, 7) is 3.99. The van der Waals surface area contributed by atoms with Gasteiger partial charge in [0.05, 0.1) is 6.10 Å². The molecule has 3 unspecified atom stereocenters. The summed E-state index contributed by atoms with van der Waals surface area (Å²) in [5.74, 6) is 0. The zero-order chi connectivity index (χ0) is 11.5. The predicted octanol–water partition coefficient (Wildman–Crippen LogP) is 2.42. The Morgan fingerprint density at radius 2 is 2.12 bits per heavy atom. The molecule has 1 aromatic carbocycles. The van der Waals surface area contributed by atoms with Crippen LogP contribution >= 0.6 is 0 Å². The van der Waals surface area contributed by atoms with E-state index in [1.807, 2.05) is 6.92 Å². The number of hydrogen-bond donors (Lipinski definition) is 2. The smallest absolute Gasteiger partial charge is 0.0526 e. The Morgan fingerprint density at radius 3 is 2.88 bits per heavy atom. The number of aliphatic hydroxyl groups excluding tert-OH is 1. The predicted molar refractivity (Wildman–Crippen MR) is 66.4 cm³/mol. The van der Waals surface area contributed by atoms with Crippen molar-refractivity contribution in [1.82, 2.24) is 5.32 Å². The van der Waals surface area contributed by atoms with Gasteiger partial charge < -0.3 is 10.4 Å². The second kappa shape index (κ2) is 4.98. The van der Waals surface area contributed by atoms with Crippen LogP contribution in [-0.4, -0.2) is 17.3 Å². The van der Waals surface area contributed by atoms with Crippen molar-refractivity contribution in [3.63, 3.8) is 0 Å². The standard InChI is InChI=1S/C14H21NO/c1-10(9-11(2)16)15-14-8-7-12-5-3-4-6-13(12)14/h3-6,10-11,14-16H,7-9H2,1-2H3. The van der Waals surface area contributed by atoms with Crippen LogP contribution in [0.25, 0.3) is 0 Å². The largest absolute Gasteiger partial charge is 0.393 e. The number of benzene rings is 1. The van der Waals surface area contributed by atoms with Crippen molar-refractivity contribution >= 4 is 0 Å². The molecule has 2 rings (SSSR count). The summed E-state index contributed by atoms with van der Waals surface area (Å²) >= 11 is 0. The van der Waals surface area contributed by atoms with Crippen LogP contribution in [0.1, 0.15) is 43.9 Å². The van der Waals surface area contributed by atoms with Crippen molar-refractivity contribution in [2.24, 2.45) is 0 Å². The van der Waals surface area contributed by atoms with Gasteiger partial charge >= 0.3 is 0 Å². The molecular formula is C14H21NO. The highest BCUT2D eigenvalue weighted by atomic mass is 16.3. The average Bonchev–Trinajstić information content (AvgIpc) is 2.61. The minimum Gasteiger partial charge on any atom is -0.393 e. The average molecular weight is 219 g/mol. The summed E-state index contributed by atoms with van der Waals surface area (Å²) in [4.78, 5) is 0. The molecule has 88 valence electrons. The molecule has 0 amide bonds. The van der Waals surface area contributed by atoms with Crippen LogP contribution in [0.3, 0.4) is 0 Å². The number of hydrogen-bond acceptors (Lipinski definition) is 2. The molecule has 0 fully saturated rings. The van der Waals surface area contributed by atoms with Gasteiger partial charge in [-0.2, -0.15) is 0 Å². The van der Waals surface area contributed by atoms with Gasteiger partial charge in [0.1, 0.15) is 0 Å². The summed E-state index contributed by atoms with van der Waals surface area (Å²) in [6, 6.07) is 9.51. The van der Waals surface area contributed by atoms with E-state index in [1.54, 1.807) is 0 Å². The third-order valence-electron chi connectivity index (χ3n) is 3.31. The van der Waals surface area contributed by atoms with Crippen molar-refractivity contribution < 1.29 is 5.11 Å². The summed E-state index contributed by atoms with van der Waals surface area (Å²) in [6.07, 6.45) is 2.95. The third kappa shape index (κ3) is 2.63. The first-order chi connectivity index (χ1) is 7.66.